The van der Waals surface area contributed by atoms with Gasteiger partial charge in [0, 0.05) is 10.5 Å². The van der Waals surface area contributed by atoms with Crippen LogP contribution in [0, 0.1) is 0 Å². The number of benzene rings is 2. The molecule has 0 fully saturated rings. The van der Waals surface area contributed by atoms with E-state index in [-0.39, 0.29) is 11.3 Å². The third kappa shape index (κ3) is 3.51. The molecule has 0 aliphatic heterocycles. The Balaban J connectivity index is 2.30. The van der Waals surface area contributed by atoms with Gasteiger partial charge in [-0.05, 0) is 37.3 Å². The quantitative estimate of drug-likeness (QED) is 0.882. The lowest BCUT2D eigenvalue weighted by Gasteiger charge is -2.10. The van der Waals surface area contributed by atoms with Gasteiger partial charge in [-0.15, -0.1) is 0 Å². The predicted molar refractivity (Wildman–Crippen MR) is 78.8 cm³/mol. The Hall–Kier alpha value is -2.01. The third-order valence-corrected chi connectivity index (χ3v) is 3.01. The van der Waals surface area contributed by atoms with Crippen molar-refractivity contribution in [3.8, 4) is 17.2 Å². The largest absolute Gasteiger partial charge is 0.494 e. The summed E-state index contributed by atoms with van der Waals surface area (Å²) in [6, 6.07) is 11.9. The van der Waals surface area contributed by atoms with Crippen LogP contribution in [0.5, 0.6) is 17.2 Å². The second-order valence-electron chi connectivity index (χ2n) is 3.96. The van der Waals surface area contributed by atoms with Crippen molar-refractivity contribution in [2.24, 2.45) is 0 Å². The summed E-state index contributed by atoms with van der Waals surface area (Å²) < 4.78 is 11.7. The van der Waals surface area contributed by atoms with Crippen LogP contribution in [0.2, 0.25) is 0 Å². The van der Waals surface area contributed by atoms with Gasteiger partial charge in [-0.25, -0.2) is 4.79 Å². The van der Waals surface area contributed by atoms with Crippen LogP contribution in [-0.4, -0.2) is 17.7 Å². The van der Waals surface area contributed by atoms with E-state index in [1.54, 1.807) is 30.3 Å². The van der Waals surface area contributed by atoms with Crippen LogP contribution in [-0.2, 0) is 0 Å². The zero-order chi connectivity index (χ0) is 14.5. The van der Waals surface area contributed by atoms with Crippen molar-refractivity contribution in [3.63, 3.8) is 0 Å². The number of hydrogen-bond donors (Lipinski definition) is 1. The summed E-state index contributed by atoms with van der Waals surface area (Å²) in [6.07, 6.45) is 0. The molecular formula is C15H13BrO4. The Morgan fingerprint density at radius 2 is 1.95 bits per heavy atom. The Labute approximate surface area is 125 Å². The van der Waals surface area contributed by atoms with Gasteiger partial charge in [0.25, 0.3) is 0 Å². The minimum Gasteiger partial charge on any atom is -0.494 e. The molecule has 20 heavy (non-hydrogen) atoms. The maximum Gasteiger partial charge on any atom is 0.339 e. The zero-order valence-electron chi connectivity index (χ0n) is 10.8. The summed E-state index contributed by atoms with van der Waals surface area (Å²) in [7, 11) is 0. The lowest BCUT2D eigenvalue weighted by molar-refractivity contribution is 0.0694. The second kappa shape index (κ2) is 6.43. The van der Waals surface area contributed by atoms with Gasteiger partial charge < -0.3 is 14.6 Å². The highest BCUT2D eigenvalue weighted by atomic mass is 79.9. The number of carbonyl (C=O) groups is 1. The van der Waals surface area contributed by atoms with E-state index in [4.69, 9.17) is 9.47 Å². The number of ether oxygens (including phenoxy) is 2. The van der Waals surface area contributed by atoms with Crippen LogP contribution in [0.15, 0.2) is 46.9 Å². The molecule has 5 heteroatoms. The fourth-order valence-corrected chi connectivity index (χ4v) is 2.04. The van der Waals surface area contributed by atoms with Gasteiger partial charge in [-0.1, -0.05) is 22.0 Å². The van der Waals surface area contributed by atoms with Crippen LogP contribution >= 0.6 is 15.9 Å². The number of halogens is 1. The highest BCUT2D eigenvalue weighted by molar-refractivity contribution is 9.10. The van der Waals surface area contributed by atoms with Crippen LogP contribution in [0.25, 0.3) is 0 Å². The van der Waals surface area contributed by atoms with Gasteiger partial charge in [0.1, 0.15) is 22.8 Å². The van der Waals surface area contributed by atoms with Gasteiger partial charge in [0.2, 0.25) is 0 Å². The molecule has 2 rings (SSSR count). The van der Waals surface area contributed by atoms with Crippen molar-refractivity contribution in [1.82, 2.24) is 0 Å². The van der Waals surface area contributed by atoms with E-state index < -0.39 is 5.97 Å². The summed E-state index contributed by atoms with van der Waals surface area (Å²) in [5.74, 6) is 0.455. The lowest BCUT2D eigenvalue weighted by atomic mass is 10.2. The molecule has 4 nitrogen and oxygen atoms in total. The molecular weight excluding hydrogens is 324 g/mol. The minimum absolute atomic E-state index is 0.0983. The molecule has 0 spiro atoms. The Kier molecular flexibility index (Phi) is 4.63. The second-order valence-corrected chi connectivity index (χ2v) is 4.87. The van der Waals surface area contributed by atoms with Gasteiger partial charge >= 0.3 is 5.97 Å². The van der Waals surface area contributed by atoms with Crippen LogP contribution < -0.4 is 9.47 Å². The van der Waals surface area contributed by atoms with E-state index >= 15 is 0 Å². The molecule has 0 radical (unpaired) electrons. The number of carboxylic acid groups (broad SMARTS) is 1. The van der Waals surface area contributed by atoms with Gasteiger partial charge in [0.05, 0.1) is 6.61 Å². The molecule has 0 bridgehead atoms. The standard InChI is InChI=1S/C15H13BrO4/c1-2-19-11-4-3-5-12(9-11)20-14-7-6-10(16)8-13(14)15(17)18/h3-9H,2H2,1H3,(H,17,18). The number of hydrogen-bond acceptors (Lipinski definition) is 3. The molecule has 0 amide bonds. The minimum atomic E-state index is -1.04. The summed E-state index contributed by atoms with van der Waals surface area (Å²) in [5, 5.41) is 9.18. The molecule has 2 aromatic carbocycles. The molecule has 0 saturated heterocycles. The number of rotatable bonds is 5. The Bertz CT molecular complexity index is 625. The average molecular weight is 337 g/mol. The van der Waals surface area contributed by atoms with E-state index in [0.717, 1.165) is 0 Å². The van der Waals surface area contributed by atoms with Crippen molar-refractivity contribution >= 4 is 21.9 Å². The van der Waals surface area contributed by atoms with E-state index in [1.807, 2.05) is 13.0 Å². The first-order valence-electron chi connectivity index (χ1n) is 6.03. The topological polar surface area (TPSA) is 55.8 Å². The van der Waals surface area contributed by atoms with Crippen LogP contribution in [0.3, 0.4) is 0 Å². The fraction of sp³-hybridized carbons (Fsp3) is 0.133. The SMILES string of the molecule is CCOc1cccc(Oc2ccc(Br)cc2C(=O)O)c1. The smallest absolute Gasteiger partial charge is 0.339 e. The molecule has 0 aliphatic carbocycles. The maximum atomic E-state index is 11.2. The van der Waals surface area contributed by atoms with E-state index in [1.165, 1.54) is 6.07 Å². The molecule has 1 N–H and O–H groups in total. The Morgan fingerprint density at radius 3 is 2.65 bits per heavy atom. The summed E-state index contributed by atoms with van der Waals surface area (Å²) >= 11 is 3.24. The average Bonchev–Trinajstić information content (AvgIpc) is 2.41. The maximum absolute atomic E-state index is 11.2. The van der Waals surface area contributed by atoms with Crippen molar-refractivity contribution < 1.29 is 19.4 Å². The summed E-state index contributed by atoms with van der Waals surface area (Å²) in [6.45, 7) is 2.45. The van der Waals surface area contributed by atoms with E-state index in [0.29, 0.717) is 22.6 Å². The number of carboxylic acids is 1. The van der Waals surface area contributed by atoms with Gasteiger partial charge in [0.15, 0.2) is 0 Å². The molecule has 0 heterocycles. The van der Waals surface area contributed by atoms with Gasteiger partial charge in [-0.3, -0.25) is 0 Å². The van der Waals surface area contributed by atoms with Crippen molar-refractivity contribution in [2.75, 3.05) is 6.61 Å². The first-order valence-corrected chi connectivity index (χ1v) is 6.83. The molecule has 0 unspecified atom stereocenters. The third-order valence-electron chi connectivity index (χ3n) is 2.52. The molecule has 0 aromatic heterocycles. The molecule has 0 atom stereocenters. The van der Waals surface area contributed by atoms with Gasteiger partial charge in [-0.2, -0.15) is 0 Å². The first-order chi connectivity index (χ1) is 9.60. The van der Waals surface area contributed by atoms with Crippen molar-refractivity contribution in [1.29, 1.82) is 0 Å². The zero-order valence-corrected chi connectivity index (χ0v) is 12.4. The molecule has 0 saturated carbocycles. The van der Waals surface area contributed by atoms with Crippen molar-refractivity contribution in [3.05, 3.63) is 52.5 Å². The first kappa shape index (κ1) is 14.4. The summed E-state index contributed by atoms with van der Waals surface area (Å²) in [5.41, 5.74) is 0.0983. The van der Waals surface area contributed by atoms with Crippen molar-refractivity contribution in [2.45, 2.75) is 6.92 Å². The molecule has 0 aliphatic rings. The van der Waals surface area contributed by atoms with E-state index in [2.05, 4.69) is 15.9 Å². The Morgan fingerprint density at radius 1 is 1.20 bits per heavy atom. The fourth-order valence-electron chi connectivity index (χ4n) is 1.68. The molecule has 2 aromatic rings. The normalized spacial score (nSPS) is 10.1. The highest BCUT2D eigenvalue weighted by Crippen LogP contribution is 2.29. The monoisotopic (exact) mass is 336 g/mol. The highest BCUT2D eigenvalue weighted by Gasteiger charge is 2.12. The van der Waals surface area contributed by atoms with Crippen LogP contribution in [0.1, 0.15) is 17.3 Å². The molecule has 104 valence electrons. The van der Waals surface area contributed by atoms with E-state index in [9.17, 15) is 9.90 Å². The summed E-state index contributed by atoms with van der Waals surface area (Å²) in [4.78, 5) is 11.2. The lowest BCUT2D eigenvalue weighted by Crippen LogP contribution is -2.00. The number of aromatic carboxylic acids is 1. The predicted octanol–water partition coefficient (Wildman–Crippen LogP) is 4.34. The van der Waals surface area contributed by atoms with Crippen LogP contribution in [0.4, 0.5) is 0 Å².